The van der Waals surface area contributed by atoms with E-state index in [1.807, 2.05) is 44.2 Å². The summed E-state index contributed by atoms with van der Waals surface area (Å²) in [6.07, 6.45) is 0. The van der Waals surface area contributed by atoms with Crippen LogP contribution in [0, 0.1) is 11.3 Å². The van der Waals surface area contributed by atoms with Gasteiger partial charge in [0, 0.05) is 12.6 Å². The van der Waals surface area contributed by atoms with Gasteiger partial charge in [-0.15, -0.1) is 0 Å². The Morgan fingerprint density at radius 3 is 2.41 bits per heavy atom. The molecule has 22 heavy (non-hydrogen) atoms. The second-order valence-corrected chi connectivity index (χ2v) is 5.29. The first-order valence-corrected chi connectivity index (χ1v) is 7.22. The van der Waals surface area contributed by atoms with Crippen LogP contribution >= 0.6 is 0 Å². The summed E-state index contributed by atoms with van der Waals surface area (Å²) < 4.78 is 0. The lowest BCUT2D eigenvalue weighted by molar-refractivity contribution is 0.193. The number of carbonyl (C=O) groups excluding carboxylic acids is 1. The standard InChI is InChI=1S/C18H19N3O/c1-14(2)21(13-15-8-4-3-5-9-15)18(22)20-17-11-7-6-10-16(17)12-19/h3-11,14H,13H2,1-2H3,(H,20,22). The summed E-state index contributed by atoms with van der Waals surface area (Å²) in [5.41, 5.74) is 2.06. The first-order chi connectivity index (χ1) is 10.6. The molecule has 2 amide bonds. The van der Waals surface area contributed by atoms with E-state index in [2.05, 4.69) is 11.4 Å². The minimum Gasteiger partial charge on any atom is -0.318 e. The highest BCUT2D eigenvalue weighted by Gasteiger charge is 2.18. The molecule has 0 saturated heterocycles. The molecule has 1 N–H and O–H groups in total. The summed E-state index contributed by atoms with van der Waals surface area (Å²) in [6.45, 7) is 4.47. The largest absolute Gasteiger partial charge is 0.322 e. The maximum atomic E-state index is 12.5. The lowest BCUT2D eigenvalue weighted by Gasteiger charge is -2.27. The highest BCUT2D eigenvalue weighted by atomic mass is 16.2. The average Bonchev–Trinajstić information content (AvgIpc) is 2.53. The summed E-state index contributed by atoms with van der Waals surface area (Å²) in [7, 11) is 0. The molecule has 0 saturated carbocycles. The molecule has 0 heterocycles. The summed E-state index contributed by atoms with van der Waals surface area (Å²) in [4.78, 5) is 14.3. The number of urea groups is 1. The van der Waals surface area contributed by atoms with Crippen LogP contribution < -0.4 is 5.32 Å². The van der Waals surface area contributed by atoms with Crippen molar-refractivity contribution in [2.24, 2.45) is 0 Å². The number of amides is 2. The SMILES string of the molecule is CC(C)N(Cc1ccccc1)C(=O)Nc1ccccc1C#N. The van der Waals surface area contributed by atoms with Gasteiger partial charge >= 0.3 is 6.03 Å². The quantitative estimate of drug-likeness (QED) is 0.926. The van der Waals surface area contributed by atoms with Crippen LogP contribution in [0.5, 0.6) is 0 Å². The topological polar surface area (TPSA) is 56.1 Å². The summed E-state index contributed by atoms with van der Waals surface area (Å²) >= 11 is 0. The third-order valence-corrected chi connectivity index (χ3v) is 3.37. The zero-order valence-corrected chi connectivity index (χ0v) is 12.8. The molecule has 112 valence electrons. The Morgan fingerprint density at radius 2 is 1.77 bits per heavy atom. The molecule has 0 aliphatic heterocycles. The van der Waals surface area contributed by atoms with Gasteiger partial charge in [-0.2, -0.15) is 5.26 Å². The van der Waals surface area contributed by atoms with Crippen LogP contribution in [0.4, 0.5) is 10.5 Å². The van der Waals surface area contributed by atoms with Crippen LogP contribution in [0.25, 0.3) is 0 Å². The first kappa shape index (κ1) is 15.6. The molecule has 0 unspecified atom stereocenters. The van der Waals surface area contributed by atoms with Gasteiger partial charge in [-0.1, -0.05) is 42.5 Å². The Hall–Kier alpha value is -2.80. The molecule has 0 aromatic heterocycles. The van der Waals surface area contributed by atoms with Crippen LogP contribution in [0.2, 0.25) is 0 Å². The minimum absolute atomic E-state index is 0.0504. The van der Waals surface area contributed by atoms with Crippen LogP contribution in [-0.2, 0) is 6.54 Å². The van der Waals surface area contributed by atoms with Crippen molar-refractivity contribution in [2.75, 3.05) is 5.32 Å². The molecule has 2 aromatic rings. The molecular weight excluding hydrogens is 274 g/mol. The molecule has 0 atom stereocenters. The van der Waals surface area contributed by atoms with Crippen molar-refractivity contribution >= 4 is 11.7 Å². The van der Waals surface area contributed by atoms with Gasteiger partial charge in [0.1, 0.15) is 6.07 Å². The predicted molar refractivity (Wildman–Crippen MR) is 87.3 cm³/mol. The van der Waals surface area contributed by atoms with Crippen LogP contribution in [-0.4, -0.2) is 17.0 Å². The van der Waals surface area contributed by atoms with Gasteiger partial charge in [0.05, 0.1) is 11.3 Å². The van der Waals surface area contributed by atoms with Crippen molar-refractivity contribution in [3.8, 4) is 6.07 Å². The van der Waals surface area contributed by atoms with E-state index in [1.54, 1.807) is 29.2 Å². The third kappa shape index (κ3) is 3.86. The Balaban J connectivity index is 2.15. The van der Waals surface area contributed by atoms with E-state index in [4.69, 9.17) is 5.26 Å². The molecule has 4 heteroatoms. The van der Waals surface area contributed by atoms with E-state index < -0.39 is 0 Å². The van der Waals surface area contributed by atoms with Gasteiger partial charge in [0.15, 0.2) is 0 Å². The molecule has 0 fully saturated rings. The molecule has 0 aliphatic carbocycles. The van der Waals surface area contributed by atoms with E-state index in [0.29, 0.717) is 17.8 Å². The second-order valence-electron chi connectivity index (χ2n) is 5.29. The van der Waals surface area contributed by atoms with Crippen molar-refractivity contribution in [1.82, 2.24) is 4.90 Å². The highest BCUT2D eigenvalue weighted by Crippen LogP contribution is 2.16. The fraction of sp³-hybridized carbons (Fsp3) is 0.222. The molecule has 0 bridgehead atoms. The fourth-order valence-corrected chi connectivity index (χ4v) is 2.15. The summed E-state index contributed by atoms with van der Waals surface area (Å²) in [5.74, 6) is 0. The Labute approximate surface area is 131 Å². The number of para-hydroxylation sites is 1. The van der Waals surface area contributed by atoms with Gasteiger partial charge in [-0.3, -0.25) is 0 Å². The number of benzene rings is 2. The third-order valence-electron chi connectivity index (χ3n) is 3.37. The van der Waals surface area contributed by atoms with Gasteiger partial charge < -0.3 is 10.2 Å². The molecular formula is C18H19N3O. The number of nitrogens with zero attached hydrogens (tertiary/aromatic N) is 2. The van der Waals surface area contributed by atoms with Gasteiger partial charge in [0.25, 0.3) is 0 Å². The smallest absolute Gasteiger partial charge is 0.318 e. The summed E-state index contributed by atoms with van der Waals surface area (Å²) in [6, 6.07) is 18.8. The van der Waals surface area contributed by atoms with Gasteiger partial charge in [-0.25, -0.2) is 4.79 Å². The van der Waals surface area contributed by atoms with E-state index in [9.17, 15) is 4.79 Å². The minimum atomic E-state index is -0.207. The molecule has 2 rings (SSSR count). The van der Waals surface area contributed by atoms with Gasteiger partial charge in [-0.05, 0) is 31.5 Å². The van der Waals surface area contributed by atoms with E-state index in [0.717, 1.165) is 5.56 Å². The number of nitriles is 1. The number of nitrogens with one attached hydrogen (secondary N) is 1. The molecule has 2 aromatic carbocycles. The lowest BCUT2D eigenvalue weighted by Crippen LogP contribution is -2.39. The van der Waals surface area contributed by atoms with Crippen molar-refractivity contribution < 1.29 is 4.79 Å². The second kappa shape index (κ2) is 7.28. The van der Waals surface area contributed by atoms with Gasteiger partial charge in [0.2, 0.25) is 0 Å². The maximum Gasteiger partial charge on any atom is 0.322 e. The van der Waals surface area contributed by atoms with Crippen molar-refractivity contribution in [2.45, 2.75) is 26.4 Å². The average molecular weight is 293 g/mol. The van der Waals surface area contributed by atoms with Crippen LogP contribution in [0.15, 0.2) is 54.6 Å². The zero-order valence-electron chi connectivity index (χ0n) is 12.8. The van der Waals surface area contributed by atoms with Crippen molar-refractivity contribution in [3.63, 3.8) is 0 Å². The Bertz CT molecular complexity index is 674. The maximum absolute atomic E-state index is 12.5. The molecule has 0 spiro atoms. The Kier molecular flexibility index (Phi) is 5.16. The lowest BCUT2D eigenvalue weighted by atomic mass is 10.2. The molecule has 4 nitrogen and oxygen atoms in total. The molecule has 0 radical (unpaired) electrons. The number of anilines is 1. The highest BCUT2D eigenvalue weighted by molar-refractivity contribution is 5.91. The van der Waals surface area contributed by atoms with Crippen LogP contribution in [0.1, 0.15) is 25.0 Å². The number of rotatable bonds is 4. The number of hydrogen-bond donors (Lipinski definition) is 1. The van der Waals surface area contributed by atoms with Crippen molar-refractivity contribution in [1.29, 1.82) is 5.26 Å². The van der Waals surface area contributed by atoms with E-state index in [-0.39, 0.29) is 12.1 Å². The van der Waals surface area contributed by atoms with Crippen molar-refractivity contribution in [3.05, 3.63) is 65.7 Å². The normalized spacial score (nSPS) is 10.1. The van der Waals surface area contributed by atoms with E-state index in [1.165, 1.54) is 0 Å². The predicted octanol–water partition coefficient (Wildman–Crippen LogP) is 4.00. The summed E-state index contributed by atoms with van der Waals surface area (Å²) in [5, 5.41) is 11.9. The van der Waals surface area contributed by atoms with Crippen LogP contribution in [0.3, 0.4) is 0 Å². The monoisotopic (exact) mass is 293 g/mol. The first-order valence-electron chi connectivity index (χ1n) is 7.22. The fourth-order valence-electron chi connectivity index (χ4n) is 2.15. The Morgan fingerprint density at radius 1 is 1.14 bits per heavy atom. The molecule has 0 aliphatic rings. The number of hydrogen-bond acceptors (Lipinski definition) is 2. The van der Waals surface area contributed by atoms with E-state index >= 15 is 0 Å². The zero-order chi connectivity index (χ0) is 15.9. The number of carbonyl (C=O) groups is 1.